The van der Waals surface area contributed by atoms with E-state index in [0.29, 0.717) is 19.4 Å². The van der Waals surface area contributed by atoms with E-state index in [1.54, 1.807) is 6.08 Å². The monoisotopic (exact) mass is 306 g/mol. The molecule has 0 aromatic heterocycles. The molecule has 0 saturated heterocycles. The molecule has 120 valence electrons. The van der Waals surface area contributed by atoms with Crippen molar-refractivity contribution in [1.29, 1.82) is 0 Å². The van der Waals surface area contributed by atoms with Gasteiger partial charge in [0, 0.05) is 18.9 Å². The molecule has 0 amide bonds. The van der Waals surface area contributed by atoms with Gasteiger partial charge in [0.1, 0.15) is 0 Å². The SMILES string of the molecule is COC(=O)C1=CC(c2ccccc2)CC(OCCCCO)O1. The predicted molar refractivity (Wildman–Crippen MR) is 81.0 cm³/mol. The number of ether oxygens (including phenoxy) is 3. The fourth-order valence-electron chi connectivity index (χ4n) is 2.37. The molecule has 0 fully saturated rings. The zero-order valence-corrected chi connectivity index (χ0v) is 12.7. The zero-order chi connectivity index (χ0) is 15.8. The van der Waals surface area contributed by atoms with E-state index in [1.807, 2.05) is 30.3 Å². The van der Waals surface area contributed by atoms with Crippen molar-refractivity contribution < 1.29 is 24.1 Å². The van der Waals surface area contributed by atoms with Crippen molar-refractivity contribution in [1.82, 2.24) is 0 Å². The largest absolute Gasteiger partial charge is 0.463 e. The maximum absolute atomic E-state index is 11.8. The average molecular weight is 306 g/mol. The Bertz CT molecular complexity index is 497. The minimum absolute atomic E-state index is 0.0480. The third-order valence-electron chi connectivity index (χ3n) is 3.53. The van der Waals surface area contributed by atoms with E-state index in [0.717, 1.165) is 12.0 Å². The first-order valence-electron chi connectivity index (χ1n) is 7.48. The molecule has 0 bridgehead atoms. The summed E-state index contributed by atoms with van der Waals surface area (Å²) in [6.45, 7) is 0.635. The number of hydrogen-bond acceptors (Lipinski definition) is 5. The predicted octanol–water partition coefficient (Wildman–Crippen LogP) is 2.36. The smallest absolute Gasteiger partial charge is 0.373 e. The number of rotatable bonds is 7. The Hall–Kier alpha value is -1.85. The van der Waals surface area contributed by atoms with E-state index in [-0.39, 0.29) is 18.3 Å². The second-order valence-electron chi connectivity index (χ2n) is 5.12. The zero-order valence-electron chi connectivity index (χ0n) is 12.7. The summed E-state index contributed by atoms with van der Waals surface area (Å²) in [4.78, 5) is 11.8. The van der Waals surface area contributed by atoms with Gasteiger partial charge in [0.05, 0.1) is 13.7 Å². The molecule has 1 aromatic carbocycles. The van der Waals surface area contributed by atoms with Gasteiger partial charge < -0.3 is 19.3 Å². The molecule has 1 aliphatic rings. The molecule has 0 aliphatic carbocycles. The van der Waals surface area contributed by atoms with Crippen LogP contribution in [0.25, 0.3) is 0 Å². The number of esters is 1. The summed E-state index contributed by atoms with van der Waals surface area (Å²) in [6.07, 6.45) is 3.39. The normalized spacial score (nSPS) is 20.9. The van der Waals surface area contributed by atoms with Gasteiger partial charge in [-0.1, -0.05) is 30.3 Å². The van der Waals surface area contributed by atoms with Gasteiger partial charge in [-0.15, -0.1) is 0 Å². The Balaban J connectivity index is 2.06. The van der Waals surface area contributed by atoms with Crippen molar-refractivity contribution >= 4 is 5.97 Å². The quantitative estimate of drug-likeness (QED) is 0.619. The van der Waals surface area contributed by atoms with Crippen molar-refractivity contribution in [2.75, 3.05) is 20.3 Å². The number of carbonyl (C=O) groups is 1. The molecule has 0 saturated carbocycles. The molecule has 1 aromatic rings. The molecule has 1 aliphatic heterocycles. The van der Waals surface area contributed by atoms with Gasteiger partial charge in [-0.05, 0) is 24.5 Å². The van der Waals surface area contributed by atoms with Crippen LogP contribution in [0.15, 0.2) is 42.2 Å². The Kier molecular flexibility index (Phi) is 6.43. The highest BCUT2D eigenvalue weighted by Crippen LogP contribution is 2.31. The minimum atomic E-state index is -0.496. The van der Waals surface area contributed by atoms with Gasteiger partial charge in [0.2, 0.25) is 12.0 Å². The summed E-state index contributed by atoms with van der Waals surface area (Å²) in [6, 6.07) is 9.92. The van der Waals surface area contributed by atoms with E-state index >= 15 is 0 Å². The Morgan fingerprint density at radius 1 is 1.32 bits per heavy atom. The number of hydrogen-bond donors (Lipinski definition) is 1. The lowest BCUT2D eigenvalue weighted by Crippen LogP contribution is -2.27. The van der Waals surface area contributed by atoms with E-state index in [4.69, 9.17) is 19.3 Å². The molecule has 0 radical (unpaired) electrons. The van der Waals surface area contributed by atoms with Gasteiger partial charge in [-0.25, -0.2) is 4.79 Å². The summed E-state index contributed by atoms with van der Waals surface area (Å²) in [5, 5.41) is 8.78. The molecule has 1 heterocycles. The van der Waals surface area contributed by atoms with Crippen LogP contribution in [0, 0.1) is 0 Å². The third-order valence-corrected chi connectivity index (χ3v) is 3.53. The molecule has 5 heteroatoms. The summed E-state index contributed by atoms with van der Waals surface area (Å²) in [5.41, 5.74) is 1.11. The Morgan fingerprint density at radius 2 is 2.09 bits per heavy atom. The Morgan fingerprint density at radius 3 is 2.77 bits per heavy atom. The van der Waals surface area contributed by atoms with Crippen LogP contribution in [0.2, 0.25) is 0 Å². The number of carbonyl (C=O) groups excluding carboxylic acids is 1. The van der Waals surface area contributed by atoms with Crippen molar-refractivity contribution in [2.24, 2.45) is 0 Å². The standard InChI is InChI=1S/C17H22O5/c1-20-17(19)15-11-14(13-7-3-2-4-8-13)12-16(22-15)21-10-6-5-9-18/h2-4,7-8,11,14,16,18H,5-6,9-10,12H2,1H3. The lowest BCUT2D eigenvalue weighted by atomic mass is 9.93. The van der Waals surface area contributed by atoms with Gasteiger partial charge in [0.15, 0.2) is 0 Å². The van der Waals surface area contributed by atoms with Crippen LogP contribution in [0.1, 0.15) is 30.7 Å². The average Bonchev–Trinajstić information content (AvgIpc) is 2.58. The van der Waals surface area contributed by atoms with Crippen LogP contribution in [-0.2, 0) is 19.0 Å². The summed E-state index contributed by atoms with van der Waals surface area (Å²) in [5.74, 6) is -0.258. The molecule has 2 rings (SSSR count). The van der Waals surface area contributed by atoms with Crippen molar-refractivity contribution in [3.05, 3.63) is 47.7 Å². The van der Waals surface area contributed by atoms with Crippen LogP contribution < -0.4 is 0 Å². The lowest BCUT2D eigenvalue weighted by Gasteiger charge is -2.28. The molecule has 2 atom stereocenters. The van der Waals surface area contributed by atoms with Crippen LogP contribution in [0.4, 0.5) is 0 Å². The summed E-state index contributed by atoms with van der Waals surface area (Å²) < 4.78 is 16.0. The minimum Gasteiger partial charge on any atom is -0.463 e. The van der Waals surface area contributed by atoms with Gasteiger partial charge in [0.25, 0.3) is 0 Å². The second kappa shape index (κ2) is 8.56. The lowest BCUT2D eigenvalue weighted by molar-refractivity contribution is -0.159. The van der Waals surface area contributed by atoms with Crippen LogP contribution in [0.3, 0.4) is 0 Å². The van der Waals surface area contributed by atoms with Gasteiger partial charge in [-0.3, -0.25) is 0 Å². The summed E-state index contributed by atoms with van der Waals surface area (Å²) >= 11 is 0. The molecule has 5 nitrogen and oxygen atoms in total. The highest BCUT2D eigenvalue weighted by Gasteiger charge is 2.28. The molecule has 0 spiro atoms. The van der Waals surface area contributed by atoms with E-state index in [9.17, 15) is 4.79 Å². The number of aliphatic hydroxyl groups is 1. The maximum Gasteiger partial charge on any atom is 0.373 e. The van der Waals surface area contributed by atoms with Crippen LogP contribution in [0.5, 0.6) is 0 Å². The van der Waals surface area contributed by atoms with E-state index < -0.39 is 12.3 Å². The molecule has 2 unspecified atom stereocenters. The first-order valence-corrected chi connectivity index (χ1v) is 7.48. The maximum atomic E-state index is 11.8. The molecule has 1 N–H and O–H groups in total. The fourth-order valence-corrected chi connectivity index (χ4v) is 2.37. The second-order valence-corrected chi connectivity index (χ2v) is 5.12. The van der Waals surface area contributed by atoms with Crippen molar-refractivity contribution in [3.8, 4) is 0 Å². The number of unbranched alkanes of at least 4 members (excludes halogenated alkanes) is 1. The number of benzene rings is 1. The third kappa shape index (κ3) is 4.58. The highest BCUT2D eigenvalue weighted by atomic mass is 16.7. The molecular weight excluding hydrogens is 284 g/mol. The number of allylic oxidation sites excluding steroid dienone is 1. The number of methoxy groups -OCH3 is 1. The Labute approximate surface area is 130 Å². The first kappa shape index (κ1) is 16.5. The van der Waals surface area contributed by atoms with Crippen LogP contribution in [-0.4, -0.2) is 37.7 Å². The molecular formula is C17H22O5. The topological polar surface area (TPSA) is 65.0 Å². The summed E-state index contributed by atoms with van der Waals surface area (Å²) in [7, 11) is 1.33. The number of aliphatic hydroxyl groups excluding tert-OH is 1. The van der Waals surface area contributed by atoms with Gasteiger partial charge >= 0.3 is 5.97 Å². The highest BCUT2D eigenvalue weighted by molar-refractivity contribution is 5.86. The fraction of sp³-hybridized carbons (Fsp3) is 0.471. The van der Waals surface area contributed by atoms with Crippen LogP contribution >= 0.6 is 0 Å². The van der Waals surface area contributed by atoms with Crippen molar-refractivity contribution in [3.63, 3.8) is 0 Å². The van der Waals surface area contributed by atoms with Crippen molar-refractivity contribution in [2.45, 2.75) is 31.5 Å². The van der Waals surface area contributed by atoms with E-state index in [2.05, 4.69) is 0 Å². The van der Waals surface area contributed by atoms with Gasteiger partial charge in [-0.2, -0.15) is 0 Å². The van der Waals surface area contributed by atoms with E-state index in [1.165, 1.54) is 7.11 Å². The molecule has 22 heavy (non-hydrogen) atoms. The first-order chi connectivity index (χ1) is 10.7.